The average Bonchev–Trinajstić information content (AvgIpc) is 2.38. The van der Waals surface area contributed by atoms with E-state index in [1.807, 2.05) is 52.8 Å². The van der Waals surface area contributed by atoms with E-state index in [-0.39, 0.29) is 11.9 Å². The predicted molar refractivity (Wildman–Crippen MR) is 92.8 cm³/mol. The van der Waals surface area contributed by atoms with Crippen LogP contribution in [0.2, 0.25) is 0 Å². The van der Waals surface area contributed by atoms with Crippen LogP contribution >= 0.6 is 0 Å². The zero-order valence-electron chi connectivity index (χ0n) is 14.7. The maximum absolute atomic E-state index is 11.6. The number of benzene rings is 1. The summed E-state index contributed by atoms with van der Waals surface area (Å²) in [7, 11) is 0. The fraction of sp³-hybridized carbons (Fsp3) is 0.529. The van der Waals surface area contributed by atoms with E-state index in [0.29, 0.717) is 6.54 Å². The highest BCUT2D eigenvalue weighted by Crippen LogP contribution is 2.21. The van der Waals surface area contributed by atoms with Gasteiger partial charge in [0.2, 0.25) is 5.91 Å². The van der Waals surface area contributed by atoms with Gasteiger partial charge < -0.3 is 20.7 Å². The van der Waals surface area contributed by atoms with Gasteiger partial charge in [-0.05, 0) is 52.3 Å². The summed E-state index contributed by atoms with van der Waals surface area (Å²) in [6.07, 6.45) is -0.435. The summed E-state index contributed by atoms with van der Waals surface area (Å²) in [6, 6.07) is 5.67. The average molecular weight is 321 g/mol. The molecule has 0 aliphatic rings. The van der Waals surface area contributed by atoms with Crippen molar-refractivity contribution in [2.45, 2.75) is 53.2 Å². The standard InChI is InChI=1S/C17H27N3O3/c1-11-7-8-14(20-13(3)21)9-15(11)19-12(2)10-18-16(22)23-17(4,5)6/h7-9,12,19H,10H2,1-6H3,(H,18,22)(H,20,21). The predicted octanol–water partition coefficient (Wildman–Crippen LogP) is 3.28. The van der Waals surface area contributed by atoms with E-state index < -0.39 is 11.7 Å². The first-order valence-electron chi connectivity index (χ1n) is 7.68. The lowest BCUT2D eigenvalue weighted by atomic mass is 10.1. The van der Waals surface area contributed by atoms with Crippen molar-refractivity contribution in [2.75, 3.05) is 17.2 Å². The summed E-state index contributed by atoms with van der Waals surface area (Å²) in [4.78, 5) is 22.8. The van der Waals surface area contributed by atoms with Gasteiger partial charge in [-0.2, -0.15) is 0 Å². The van der Waals surface area contributed by atoms with Gasteiger partial charge in [-0.15, -0.1) is 0 Å². The third-order valence-electron chi connectivity index (χ3n) is 2.91. The van der Waals surface area contributed by atoms with Crippen LogP contribution < -0.4 is 16.0 Å². The molecule has 0 radical (unpaired) electrons. The normalized spacial score (nSPS) is 12.3. The van der Waals surface area contributed by atoms with Crippen molar-refractivity contribution in [3.8, 4) is 0 Å². The Morgan fingerprint density at radius 1 is 1.26 bits per heavy atom. The zero-order valence-corrected chi connectivity index (χ0v) is 14.7. The van der Waals surface area contributed by atoms with Crippen molar-refractivity contribution >= 4 is 23.4 Å². The smallest absolute Gasteiger partial charge is 0.407 e. The third kappa shape index (κ3) is 7.54. The molecule has 0 spiro atoms. The first-order chi connectivity index (χ1) is 10.6. The zero-order chi connectivity index (χ0) is 17.6. The minimum atomic E-state index is -0.510. The lowest BCUT2D eigenvalue weighted by Gasteiger charge is -2.22. The quantitative estimate of drug-likeness (QED) is 0.777. The second kappa shape index (κ2) is 7.85. The van der Waals surface area contributed by atoms with Gasteiger partial charge >= 0.3 is 6.09 Å². The summed E-state index contributed by atoms with van der Waals surface area (Å²) in [5.41, 5.74) is 2.19. The summed E-state index contributed by atoms with van der Waals surface area (Å²) < 4.78 is 5.20. The molecule has 0 aliphatic carbocycles. The molecule has 0 heterocycles. The first kappa shape index (κ1) is 18.8. The largest absolute Gasteiger partial charge is 0.444 e. The number of amides is 2. The molecule has 3 N–H and O–H groups in total. The van der Waals surface area contributed by atoms with Crippen LogP contribution in [0.5, 0.6) is 0 Å². The molecular formula is C17H27N3O3. The van der Waals surface area contributed by atoms with Crippen molar-refractivity contribution in [1.82, 2.24) is 5.32 Å². The molecule has 0 saturated heterocycles. The van der Waals surface area contributed by atoms with Crippen LogP contribution in [0.15, 0.2) is 18.2 Å². The van der Waals surface area contributed by atoms with Gasteiger partial charge in [-0.3, -0.25) is 4.79 Å². The molecule has 0 fully saturated rings. The van der Waals surface area contributed by atoms with E-state index in [4.69, 9.17) is 4.74 Å². The van der Waals surface area contributed by atoms with E-state index in [0.717, 1.165) is 16.9 Å². The molecule has 23 heavy (non-hydrogen) atoms. The lowest BCUT2D eigenvalue weighted by Crippen LogP contribution is -2.38. The van der Waals surface area contributed by atoms with Gasteiger partial charge in [0, 0.05) is 30.9 Å². The van der Waals surface area contributed by atoms with Crippen molar-refractivity contribution in [2.24, 2.45) is 0 Å². The molecule has 0 aromatic heterocycles. The van der Waals surface area contributed by atoms with Crippen molar-refractivity contribution in [3.05, 3.63) is 23.8 Å². The van der Waals surface area contributed by atoms with Crippen LogP contribution in [0.4, 0.5) is 16.2 Å². The van der Waals surface area contributed by atoms with Crippen LogP contribution in [0.1, 0.15) is 40.2 Å². The Morgan fingerprint density at radius 2 is 1.91 bits per heavy atom. The number of carbonyl (C=O) groups excluding carboxylic acids is 2. The van der Waals surface area contributed by atoms with Gasteiger partial charge in [-0.1, -0.05) is 6.07 Å². The van der Waals surface area contributed by atoms with Crippen LogP contribution in [0.3, 0.4) is 0 Å². The highest BCUT2D eigenvalue weighted by Gasteiger charge is 2.16. The van der Waals surface area contributed by atoms with Gasteiger partial charge in [0.15, 0.2) is 0 Å². The van der Waals surface area contributed by atoms with Crippen molar-refractivity contribution in [1.29, 1.82) is 0 Å². The van der Waals surface area contributed by atoms with E-state index in [1.54, 1.807) is 0 Å². The van der Waals surface area contributed by atoms with Crippen LogP contribution in [0, 0.1) is 6.92 Å². The molecule has 1 aromatic rings. The number of hydrogen-bond donors (Lipinski definition) is 3. The SMILES string of the molecule is CC(=O)Nc1ccc(C)c(NC(C)CNC(=O)OC(C)(C)C)c1. The molecule has 6 heteroatoms. The molecule has 1 atom stereocenters. The molecule has 0 aliphatic heterocycles. The minimum absolute atomic E-state index is 0.00814. The van der Waals surface area contributed by atoms with Crippen LogP contribution in [-0.4, -0.2) is 30.2 Å². The van der Waals surface area contributed by atoms with Crippen LogP contribution in [-0.2, 0) is 9.53 Å². The Labute approximate surface area is 138 Å². The van der Waals surface area contributed by atoms with E-state index >= 15 is 0 Å². The molecule has 0 bridgehead atoms. The maximum atomic E-state index is 11.6. The lowest BCUT2D eigenvalue weighted by molar-refractivity contribution is -0.114. The van der Waals surface area contributed by atoms with E-state index in [2.05, 4.69) is 16.0 Å². The third-order valence-corrected chi connectivity index (χ3v) is 2.91. The Kier molecular flexibility index (Phi) is 6.42. The highest BCUT2D eigenvalue weighted by molar-refractivity contribution is 5.89. The Bertz CT molecular complexity index is 565. The Morgan fingerprint density at radius 3 is 2.48 bits per heavy atom. The van der Waals surface area contributed by atoms with Gasteiger partial charge in [-0.25, -0.2) is 4.79 Å². The molecule has 6 nitrogen and oxygen atoms in total. The topological polar surface area (TPSA) is 79.5 Å². The summed E-state index contributed by atoms with van der Waals surface area (Å²) in [6.45, 7) is 11.3. The van der Waals surface area contributed by atoms with Gasteiger partial charge in [0.05, 0.1) is 0 Å². The second-order valence-corrected chi connectivity index (χ2v) is 6.64. The van der Waals surface area contributed by atoms with Gasteiger partial charge in [0.1, 0.15) is 5.60 Å². The molecule has 1 unspecified atom stereocenters. The summed E-state index contributed by atoms with van der Waals surface area (Å²) in [5.74, 6) is -0.112. The van der Waals surface area contributed by atoms with Crippen LogP contribution in [0.25, 0.3) is 0 Å². The number of hydrogen-bond acceptors (Lipinski definition) is 4. The van der Waals surface area contributed by atoms with Crippen molar-refractivity contribution in [3.63, 3.8) is 0 Å². The molecule has 128 valence electrons. The molecule has 1 aromatic carbocycles. The second-order valence-electron chi connectivity index (χ2n) is 6.64. The molecule has 2 amide bonds. The van der Waals surface area contributed by atoms with E-state index in [1.165, 1.54) is 6.92 Å². The monoisotopic (exact) mass is 321 g/mol. The number of anilines is 2. The number of ether oxygens (including phenoxy) is 1. The summed E-state index contributed by atoms with van der Waals surface area (Å²) >= 11 is 0. The number of nitrogens with one attached hydrogen (secondary N) is 3. The minimum Gasteiger partial charge on any atom is -0.444 e. The summed E-state index contributed by atoms with van der Waals surface area (Å²) in [5, 5.41) is 8.81. The number of rotatable bonds is 5. The Hall–Kier alpha value is -2.24. The number of alkyl carbamates (subject to hydrolysis) is 1. The molecular weight excluding hydrogens is 294 g/mol. The fourth-order valence-electron chi connectivity index (χ4n) is 1.93. The Balaban J connectivity index is 2.58. The first-order valence-corrected chi connectivity index (χ1v) is 7.68. The van der Waals surface area contributed by atoms with E-state index in [9.17, 15) is 9.59 Å². The van der Waals surface area contributed by atoms with Crippen molar-refractivity contribution < 1.29 is 14.3 Å². The molecule has 0 saturated carbocycles. The molecule has 1 rings (SSSR count). The highest BCUT2D eigenvalue weighted by atomic mass is 16.6. The number of aryl methyl sites for hydroxylation is 1. The maximum Gasteiger partial charge on any atom is 0.407 e. The fourth-order valence-corrected chi connectivity index (χ4v) is 1.93. The number of carbonyl (C=O) groups is 2. The van der Waals surface area contributed by atoms with Gasteiger partial charge in [0.25, 0.3) is 0 Å².